The maximum absolute atomic E-state index is 12.8. The number of aromatic amines is 1. The fraction of sp³-hybridized carbons (Fsp3) is 0.286. The lowest BCUT2D eigenvalue weighted by Gasteiger charge is -2.18. The summed E-state index contributed by atoms with van der Waals surface area (Å²) >= 11 is 0. The van der Waals surface area contributed by atoms with Crippen LogP contribution in [0.3, 0.4) is 0 Å². The molecule has 10 heteroatoms. The minimum absolute atomic E-state index is 0.000113. The summed E-state index contributed by atoms with van der Waals surface area (Å²) < 4.78 is 38.4. The number of amides is 2. The van der Waals surface area contributed by atoms with Crippen LogP contribution in [-0.4, -0.2) is 33.5 Å². The van der Waals surface area contributed by atoms with Crippen molar-refractivity contribution in [1.82, 2.24) is 15.2 Å². The second-order valence-corrected chi connectivity index (χ2v) is 5.28. The van der Waals surface area contributed by atoms with Crippen molar-refractivity contribution in [1.29, 1.82) is 0 Å². The van der Waals surface area contributed by atoms with Crippen LogP contribution >= 0.6 is 0 Å². The lowest BCUT2D eigenvalue weighted by molar-refractivity contribution is -0.137. The standard InChI is InChI=1S/C14H12F3N5O2/c15-14(16,17)9-2-1-3-10(5-9)22-6-8(4-11(22)23)12(24)20-13-18-7-19-21-13/h1-3,5,7-8H,4,6H2,(H2,18,19,20,21,24). The van der Waals surface area contributed by atoms with E-state index in [0.717, 1.165) is 12.1 Å². The summed E-state index contributed by atoms with van der Waals surface area (Å²) in [6.07, 6.45) is -3.37. The molecular formula is C14H12F3N5O2. The highest BCUT2D eigenvalue weighted by molar-refractivity contribution is 6.03. The molecule has 2 heterocycles. The van der Waals surface area contributed by atoms with E-state index >= 15 is 0 Å². The minimum Gasteiger partial charge on any atom is -0.312 e. The van der Waals surface area contributed by atoms with E-state index in [0.29, 0.717) is 0 Å². The number of aromatic nitrogens is 3. The quantitative estimate of drug-likeness (QED) is 0.892. The van der Waals surface area contributed by atoms with Crippen molar-refractivity contribution in [2.24, 2.45) is 5.92 Å². The third-order valence-electron chi connectivity index (χ3n) is 3.64. The SMILES string of the molecule is O=C(Nc1ncn[nH]1)C1CC(=O)N(c2cccc(C(F)(F)F)c2)C1. The topological polar surface area (TPSA) is 91.0 Å². The molecule has 0 radical (unpaired) electrons. The lowest BCUT2D eigenvalue weighted by Crippen LogP contribution is -2.28. The van der Waals surface area contributed by atoms with Crippen LogP contribution < -0.4 is 10.2 Å². The van der Waals surface area contributed by atoms with E-state index in [-0.39, 0.29) is 24.6 Å². The Balaban J connectivity index is 1.74. The van der Waals surface area contributed by atoms with Crippen LogP contribution in [0.1, 0.15) is 12.0 Å². The van der Waals surface area contributed by atoms with Crippen LogP contribution in [0.4, 0.5) is 24.8 Å². The summed E-state index contributed by atoms with van der Waals surface area (Å²) in [4.78, 5) is 29.1. The normalized spacial score (nSPS) is 18.0. The van der Waals surface area contributed by atoms with Crippen LogP contribution in [0.2, 0.25) is 0 Å². The molecule has 1 atom stereocenters. The Kier molecular flexibility index (Phi) is 3.96. The molecule has 24 heavy (non-hydrogen) atoms. The predicted molar refractivity (Wildman–Crippen MR) is 76.9 cm³/mol. The molecule has 1 fully saturated rings. The van der Waals surface area contributed by atoms with Gasteiger partial charge in [0.05, 0.1) is 11.5 Å². The summed E-state index contributed by atoms with van der Waals surface area (Å²) in [7, 11) is 0. The summed E-state index contributed by atoms with van der Waals surface area (Å²) in [5.41, 5.74) is -0.729. The first-order valence-electron chi connectivity index (χ1n) is 6.98. The number of hydrogen-bond donors (Lipinski definition) is 2. The number of carbonyl (C=O) groups is 2. The number of hydrogen-bond acceptors (Lipinski definition) is 4. The Morgan fingerprint density at radius 1 is 1.38 bits per heavy atom. The lowest BCUT2D eigenvalue weighted by atomic mass is 10.1. The van der Waals surface area contributed by atoms with E-state index in [9.17, 15) is 22.8 Å². The van der Waals surface area contributed by atoms with E-state index in [1.165, 1.54) is 23.4 Å². The first-order chi connectivity index (χ1) is 11.3. The van der Waals surface area contributed by atoms with Gasteiger partial charge >= 0.3 is 6.18 Å². The van der Waals surface area contributed by atoms with Crippen molar-refractivity contribution in [3.63, 3.8) is 0 Å². The van der Waals surface area contributed by atoms with Crippen LogP contribution in [0.15, 0.2) is 30.6 Å². The maximum atomic E-state index is 12.8. The van der Waals surface area contributed by atoms with Crippen molar-refractivity contribution < 1.29 is 22.8 Å². The number of H-pyrrole nitrogens is 1. The van der Waals surface area contributed by atoms with Gasteiger partial charge in [0.25, 0.3) is 0 Å². The third kappa shape index (κ3) is 3.21. The number of alkyl halides is 3. The number of benzene rings is 1. The monoisotopic (exact) mass is 339 g/mol. The molecule has 1 aromatic heterocycles. The minimum atomic E-state index is -4.50. The Bertz CT molecular complexity index is 760. The van der Waals surface area contributed by atoms with Gasteiger partial charge in [-0.1, -0.05) is 6.07 Å². The number of carbonyl (C=O) groups excluding carboxylic acids is 2. The van der Waals surface area contributed by atoms with Gasteiger partial charge in [0.15, 0.2) is 0 Å². The molecule has 1 aromatic carbocycles. The molecule has 1 aliphatic rings. The zero-order chi connectivity index (χ0) is 17.3. The van der Waals surface area contributed by atoms with Crippen LogP contribution in [0, 0.1) is 5.92 Å². The fourth-order valence-corrected chi connectivity index (χ4v) is 2.47. The van der Waals surface area contributed by atoms with Gasteiger partial charge in [0, 0.05) is 18.7 Å². The van der Waals surface area contributed by atoms with Crippen molar-refractivity contribution >= 4 is 23.5 Å². The van der Waals surface area contributed by atoms with E-state index in [4.69, 9.17) is 0 Å². The highest BCUT2D eigenvalue weighted by Gasteiger charge is 2.37. The first kappa shape index (κ1) is 16.0. The molecule has 1 unspecified atom stereocenters. The van der Waals surface area contributed by atoms with Crippen molar-refractivity contribution in [3.8, 4) is 0 Å². The average molecular weight is 339 g/mol. The van der Waals surface area contributed by atoms with Gasteiger partial charge in [-0.05, 0) is 18.2 Å². The van der Waals surface area contributed by atoms with Crippen molar-refractivity contribution in [2.45, 2.75) is 12.6 Å². The molecule has 1 aliphatic heterocycles. The molecule has 0 spiro atoms. The number of nitrogens with zero attached hydrogens (tertiary/aromatic N) is 3. The van der Waals surface area contributed by atoms with Crippen molar-refractivity contribution in [2.75, 3.05) is 16.8 Å². The van der Waals surface area contributed by atoms with Gasteiger partial charge < -0.3 is 4.90 Å². The highest BCUT2D eigenvalue weighted by Crippen LogP contribution is 2.33. The zero-order valence-corrected chi connectivity index (χ0v) is 12.2. The molecule has 126 valence electrons. The molecular weight excluding hydrogens is 327 g/mol. The number of nitrogens with one attached hydrogen (secondary N) is 2. The summed E-state index contributed by atoms with van der Waals surface area (Å²) in [5, 5.41) is 8.50. The molecule has 3 rings (SSSR count). The highest BCUT2D eigenvalue weighted by atomic mass is 19.4. The molecule has 0 bridgehead atoms. The Hall–Kier alpha value is -2.91. The number of rotatable bonds is 3. The molecule has 0 saturated carbocycles. The zero-order valence-electron chi connectivity index (χ0n) is 12.2. The maximum Gasteiger partial charge on any atom is 0.416 e. The summed E-state index contributed by atoms with van der Waals surface area (Å²) in [6.45, 7) is 0.000113. The molecule has 1 saturated heterocycles. The predicted octanol–water partition coefficient (Wildman–Crippen LogP) is 1.82. The van der Waals surface area contributed by atoms with Gasteiger partial charge in [-0.25, -0.2) is 5.10 Å². The second kappa shape index (κ2) is 5.95. The van der Waals surface area contributed by atoms with Crippen LogP contribution in [0.25, 0.3) is 0 Å². The Labute approximate surface area is 133 Å². The summed E-state index contributed by atoms with van der Waals surface area (Å²) in [6, 6.07) is 4.46. The van der Waals surface area contributed by atoms with Crippen LogP contribution in [-0.2, 0) is 15.8 Å². The smallest absolute Gasteiger partial charge is 0.312 e. The number of anilines is 2. The Morgan fingerprint density at radius 3 is 2.83 bits per heavy atom. The summed E-state index contributed by atoms with van der Waals surface area (Å²) in [5.74, 6) is -1.40. The number of halogens is 3. The van der Waals surface area contributed by atoms with Crippen LogP contribution in [0.5, 0.6) is 0 Å². The van der Waals surface area contributed by atoms with E-state index in [1.807, 2.05) is 0 Å². The largest absolute Gasteiger partial charge is 0.416 e. The van der Waals surface area contributed by atoms with Gasteiger partial charge in [-0.3, -0.25) is 14.9 Å². The molecule has 0 aliphatic carbocycles. The molecule has 7 nitrogen and oxygen atoms in total. The van der Waals surface area contributed by atoms with Gasteiger partial charge in [0.1, 0.15) is 6.33 Å². The molecule has 2 N–H and O–H groups in total. The van der Waals surface area contributed by atoms with Gasteiger partial charge in [-0.15, -0.1) is 0 Å². The molecule has 2 amide bonds. The van der Waals surface area contributed by atoms with Gasteiger partial charge in [-0.2, -0.15) is 23.3 Å². The fourth-order valence-electron chi connectivity index (χ4n) is 2.47. The average Bonchev–Trinajstić information content (AvgIpc) is 3.16. The second-order valence-electron chi connectivity index (χ2n) is 5.28. The Morgan fingerprint density at radius 2 is 2.17 bits per heavy atom. The van der Waals surface area contributed by atoms with E-state index in [1.54, 1.807) is 0 Å². The van der Waals surface area contributed by atoms with Crippen molar-refractivity contribution in [3.05, 3.63) is 36.2 Å². The van der Waals surface area contributed by atoms with E-state index < -0.39 is 29.5 Å². The molecule has 2 aromatic rings. The third-order valence-corrected chi connectivity index (χ3v) is 3.64. The van der Waals surface area contributed by atoms with E-state index in [2.05, 4.69) is 20.5 Å². The first-order valence-corrected chi connectivity index (χ1v) is 6.98. The van der Waals surface area contributed by atoms with Gasteiger partial charge in [0.2, 0.25) is 17.8 Å².